The van der Waals surface area contributed by atoms with E-state index < -0.39 is 0 Å². The SMILES string of the molecule is CC1C(C)C(C)C(C)C1C.CC1C(C)C(C)C(C)C1C.[CH3-].[CH3-].[Cl][V][Cl]. The fourth-order valence-electron chi connectivity index (χ4n) is 4.79. The van der Waals surface area contributed by atoms with E-state index in [1.165, 1.54) is 0 Å². The Morgan fingerprint density at radius 2 is 0.400 bits per heavy atom. The average Bonchev–Trinajstić information content (AvgIpc) is 2.80. The first-order valence-corrected chi connectivity index (χ1v) is 13.3. The summed E-state index contributed by atoms with van der Waals surface area (Å²) in [7, 11) is 9.72. The van der Waals surface area contributed by atoms with Gasteiger partial charge in [0, 0.05) is 0 Å². The predicted molar refractivity (Wildman–Crippen MR) is 116 cm³/mol. The Morgan fingerprint density at radius 3 is 0.440 bits per heavy atom. The van der Waals surface area contributed by atoms with E-state index >= 15 is 0 Å². The van der Waals surface area contributed by atoms with Crippen LogP contribution in [0.4, 0.5) is 0 Å². The summed E-state index contributed by atoms with van der Waals surface area (Å²) in [5, 5.41) is 0. The van der Waals surface area contributed by atoms with Crippen molar-refractivity contribution in [2.24, 2.45) is 59.2 Å². The van der Waals surface area contributed by atoms with Crippen LogP contribution in [0.2, 0.25) is 0 Å². The molecule has 0 spiro atoms. The van der Waals surface area contributed by atoms with E-state index in [4.69, 9.17) is 19.7 Å². The van der Waals surface area contributed by atoms with Gasteiger partial charge < -0.3 is 14.9 Å². The molecule has 3 heteroatoms. The first kappa shape index (κ1) is 30.9. The molecule has 2 aliphatic rings. The molecule has 0 nitrogen and oxygen atoms in total. The molecule has 25 heavy (non-hydrogen) atoms. The molecule has 0 unspecified atom stereocenters. The van der Waals surface area contributed by atoms with Crippen molar-refractivity contribution >= 4 is 19.7 Å². The van der Waals surface area contributed by atoms with Crippen LogP contribution >= 0.6 is 19.7 Å². The van der Waals surface area contributed by atoms with Gasteiger partial charge in [0.1, 0.15) is 0 Å². The van der Waals surface area contributed by atoms with Gasteiger partial charge in [-0.25, -0.2) is 0 Å². The Labute approximate surface area is 176 Å². The second-order valence-electron chi connectivity index (χ2n) is 8.66. The molecule has 2 aliphatic carbocycles. The second kappa shape index (κ2) is 14.2. The van der Waals surface area contributed by atoms with Gasteiger partial charge in [-0.15, -0.1) is 0 Å². The zero-order chi connectivity index (χ0) is 18.5. The zero-order valence-corrected chi connectivity index (χ0v) is 21.9. The topological polar surface area (TPSA) is 0 Å². The molecule has 2 rings (SSSR count). The van der Waals surface area contributed by atoms with Crippen LogP contribution in [0, 0.1) is 74.0 Å². The second-order valence-corrected chi connectivity index (χ2v) is 11.0. The third-order valence-corrected chi connectivity index (χ3v) is 8.29. The average molecular weight is 432 g/mol. The third-order valence-electron chi connectivity index (χ3n) is 8.29. The van der Waals surface area contributed by atoms with Crippen molar-refractivity contribution in [1.82, 2.24) is 0 Å². The monoisotopic (exact) mass is 431 g/mol. The molecule has 0 radical (unpaired) electrons. The Kier molecular flexibility index (Phi) is 17.5. The van der Waals surface area contributed by atoms with Crippen molar-refractivity contribution in [2.45, 2.75) is 69.2 Å². The molecule has 0 aromatic rings. The van der Waals surface area contributed by atoms with E-state index in [0.717, 1.165) is 59.2 Å². The summed E-state index contributed by atoms with van der Waals surface area (Å²) in [6.07, 6.45) is 0. The van der Waals surface area contributed by atoms with Gasteiger partial charge in [-0.3, -0.25) is 0 Å². The molecule has 0 atom stereocenters. The molecule has 0 N–H and O–H groups in total. The quantitative estimate of drug-likeness (QED) is 0.336. The number of halogens is 2. The van der Waals surface area contributed by atoms with E-state index in [-0.39, 0.29) is 29.2 Å². The summed E-state index contributed by atoms with van der Waals surface area (Å²) < 4.78 is 0. The molecule has 155 valence electrons. The first-order chi connectivity index (χ1) is 10.5. The van der Waals surface area contributed by atoms with Crippen LogP contribution < -0.4 is 0 Å². The number of hydrogen-bond acceptors (Lipinski definition) is 0. The van der Waals surface area contributed by atoms with Crippen molar-refractivity contribution in [2.75, 3.05) is 0 Å². The van der Waals surface area contributed by atoms with E-state index in [9.17, 15) is 0 Å². The fourth-order valence-corrected chi connectivity index (χ4v) is 4.79. The summed E-state index contributed by atoms with van der Waals surface area (Å²) in [6.45, 7) is 24.0. The van der Waals surface area contributed by atoms with Gasteiger partial charge in [0.05, 0.1) is 0 Å². The Bertz CT molecular complexity index is 203. The van der Waals surface area contributed by atoms with Crippen molar-refractivity contribution < 1.29 is 14.4 Å². The van der Waals surface area contributed by atoms with Gasteiger partial charge in [0.25, 0.3) is 0 Å². The normalized spacial score (nSPS) is 45.0. The first-order valence-electron chi connectivity index (χ1n) is 9.44. The van der Waals surface area contributed by atoms with Gasteiger partial charge >= 0.3 is 34.1 Å². The van der Waals surface area contributed by atoms with Crippen molar-refractivity contribution in [3.05, 3.63) is 14.9 Å². The molecular weight excluding hydrogens is 386 g/mol. The van der Waals surface area contributed by atoms with Gasteiger partial charge in [-0.05, 0) is 59.2 Å². The van der Waals surface area contributed by atoms with E-state index in [0.29, 0.717) is 0 Å². The van der Waals surface area contributed by atoms with E-state index in [1.807, 2.05) is 0 Å². The standard InChI is InChI=1S/2C10H20.2CH3.2ClH.V/c2*1-6-7(2)9(4)10(5)8(6)3;;;;;/h2*6-10H,1-5H3;2*1H3;2*1H;/q;;2*-1;;;+2/p-2. The van der Waals surface area contributed by atoms with Crippen molar-refractivity contribution in [3.63, 3.8) is 0 Å². The van der Waals surface area contributed by atoms with Crippen molar-refractivity contribution in [3.8, 4) is 0 Å². The van der Waals surface area contributed by atoms with Crippen molar-refractivity contribution in [1.29, 1.82) is 0 Å². The van der Waals surface area contributed by atoms with E-state index in [1.54, 1.807) is 0 Å². The fraction of sp³-hybridized carbons (Fsp3) is 0.909. The molecule has 0 saturated heterocycles. The predicted octanol–water partition coefficient (Wildman–Crippen LogP) is 8.64. The molecular formula is C22H46Cl2V-2. The van der Waals surface area contributed by atoms with Crippen LogP contribution in [0.1, 0.15) is 69.2 Å². The number of rotatable bonds is 0. The van der Waals surface area contributed by atoms with Gasteiger partial charge in [0.2, 0.25) is 0 Å². The minimum atomic E-state index is -0.368. The van der Waals surface area contributed by atoms with Gasteiger partial charge in [-0.1, -0.05) is 69.2 Å². The molecule has 0 amide bonds. The van der Waals surface area contributed by atoms with Gasteiger partial charge in [-0.2, -0.15) is 0 Å². The third kappa shape index (κ3) is 7.97. The van der Waals surface area contributed by atoms with Gasteiger partial charge in [0.15, 0.2) is 0 Å². The molecule has 0 bridgehead atoms. The Hall–Kier alpha value is 1.16. The maximum atomic E-state index is 4.86. The van der Waals surface area contributed by atoms with Crippen LogP contribution in [0.3, 0.4) is 0 Å². The number of hydrogen-bond donors (Lipinski definition) is 0. The van der Waals surface area contributed by atoms with Crippen LogP contribution in [0.25, 0.3) is 0 Å². The summed E-state index contributed by atoms with van der Waals surface area (Å²) >= 11 is -0.368. The Balaban J connectivity index is -0.000000313. The summed E-state index contributed by atoms with van der Waals surface area (Å²) in [4.78, 5) is 0. The molecule has 0 aromatic heterocycles. The zero-order valence-electron chi connectivity index (χ0n) is 19.0. The summed E-state index contributed by atoms with van der Waals surface area (Å²) in [5.74, 6) is 9.35. The van der Waals surface area contributed by atoms with Crippen LogP contribution in [0.5, 0.6) is 0 Å². The molecule has 0 aromatic carbocycles. The minimum absolute atomic E-state index is 0. The van der Waals surface area contributed by atoms with Crippen LogP contribution in [-0.2, 0) is 14.4 Å². The van der Waals surface area contributed by atoms with Crippen LogP contribution in [0.15, 0.2) is 0 Å². The van der Waals surface area contributed by atoms with Crippen LogP contribution in [-0.4, -0.2) is 0 Å². The Morgan fingerprint density at radius 1 is 0.360 bits per heavy atom. The van der Waals surface area contributed by atoms with E-state index in [2.05, 4.69) is 69.2 Å². The molecule has 2 fully saturated rings. The molecule has 0 heterocycles. The molecule has 0 aliphatic heterocycles. The molecule has 2 saturated carbocycles. The summed E-state index contributed by atoms with van der Waals surface area (Å²) in [6, 6.07) is 0. The maximum absolute atomic E-state index is 4.86. The summed E-state index contributed by atoms with van der Waals surface area (Å²) in [5.41, 5.74) is 0.